The molecule has 0 fully saturated rings. The van der Waals surface area contributed by atoms with E-state index in [-0.39, 0.29) is 5.56 Å². The number of aromatic nitrogens is 2. The molecule has 0 amide bonds. The van der Waals surface area contributed by atoms with Gasteiger partial charge < -0.3 is 16.2 Å². The molecule has 0 saturated heterocycles. The molecule has 6 heteroatoms. The summed E-state index contributed by atoms with van der Waals surface area (Å²) in [6, 6.07) is 19.7. The summed E-state index contributed by atoms with van der Waals surface area (Å²) in [5, 5.41) is 0.450. The molecule has 0 atom stereocenters. The smallest absolute Gasteiger partial charge is 0.266 e. The van der Waals surface area contributed by atoms with Crippen LogP contribution in [0, 0.1) is 0 Å². The molecule has 1 heterocycles. The van der Waals surface area contributed by atoms with Crippen LogP contribution in [0.3, 0.4) is 0 Å². The van der Waals surface area contributed by atoms with Gasteiger partial charge in [0.15, 0.2) is 0 Å². The summed E-state index contributed by atoms with van der Waals surface area (Å²) in [5.41, 5.74) is 14.7. The highest BCUT2D eigenvalue weighted by Gasteiger charge is 2.15. The number of hydrogen-bond donors (Lipinski definition) is 2. The van der Waals surface area contributed by atoms with Crippen LogP contribution in [0.2, 0.25) is 0 Å². The Balaban J connectivity index is 2.11. The normalized spacial score (nSPS) is 10.9. The fraction of sp³-hybridized carbons (Fsp3) is 0.0476. The van der Waals surface area contributed by atoms with E-state index in [1.807, 2.05) is 30.3 Å². The summed E-state index contributed by atoms with van der Waals surface area (Å²) >= 11 is 0. The third-order valence-corrected chi connectivity index (χ3v) is 4.35. The second kappa shape index (κ2) is 6.49. The molecule has 3 aromatic carbocycles. The van der Waals surface area contributed by atoms with E-state index in [2.05, 4.69) is 0 Å². The van der Waals surface area contributed by atoms with Crippen LogP contribution in [0.5, 0.6) is 5.75 Å². The fourth-order valence-corrected chi connectivity index (χ4v) is 3.06. The van der Waals surface area contributed by atoms with Crippen LogP contribution in [0.4, 0.5) is 11.4 Å². The third-order valence-electron chi connectivity index (χ3n) is 4.35. The Hall–Kier alpha value is -3.80. The van der Waals surface area contributed by atoms with Crippen molar-refractivity contribution in [3.8, 4) is 22.8 Å². The molecule has 134 valence electrons. The van der Waals surface area contributed by atoms with E-state index < -0.39 is 0 Å². The summed E-state index contributed by atoms with van der Waals surface area (Å²) in [5.74, 6) is 1.14. The molecule has 0 radical (unpaired) electrons. The number of methoxy groups -OCH3 is 1. The van der Waals surface area contributed by atoms with Gasteiger partial charge in [-0.3, -0.25) is 9.36 Å². The van der Waals surface area contributed by atoms with Gasteiger partial charge in [-0.2, -0.15) is 0 Å². The fourth-order valence-electron chi connectivity index (χ4n) is 3.06. The van der Waals surface area contributed by atoms with Gasteiger partial charge in [0.05, 0.1) is 23.7 Å². The maximum atomic E-state index is 13.4. The van der Waals surface area contributed by atoms with Crippen LogP contribution in [0.1, 0.15) is 0 Å². The summed E-state index contributed by atoms with van der Waals surface area (Å²) in [6.07, 6.45) is 0. The number of nitrogens with zero attached hydrogens (tertiary/aromatic N) is 2. The van der Waals surface area contributed by atoms with Crippen molar-refractivity contribution < 1.29 is 4.74 Å². The lowest BCUT2D eigenvalue weighted by Gasteiger charge is -2.15. The molecule has 6 nitrogen and oxygen atoms in total. The van der Waals surface area contributed by atoms with Crippen molar-refractivity contribution in [2.45, 2.75) is 0 Å². The zero-order valence-corrected chi connectivity index (χ0v) is 14.7. The topological polar surface area (TPSA) is 96.2 Å². The van der Waals surface area contributed by atoms with Gasteiger partial charge in [-0.1, -0.05) is 18.2 Å². The molecule has 0 spiro atoms. The first-order valence-electron chi connectivity index (χ1n) is 8.39. The number of nitrogens with two attached hydrogens (primary N) is 2. The highest BCUT2D eigenvalue weighted by Crippen LogP contribution is 2.25. The number of anilines is 2. The monoisotopic (exact) mass is 358 g/mol. The number of benzene rings is 3. The van der Waals surface area contributed by atoms with Crippen LogP contribution in [0.15, 0.2) is 71.5 Å². The molecule has 0 aliphatic heterocycles. The average molecular weight is 358 g/mol. The Morgan fingerprint density at radius 2 is 1.70 bits per heavy atom. The van der Waals surface area contributed by atoms with Gasteiger partial charge in [0.25, 0.3) is 5.56 Å². The first kappa shape index (κ1) is 16.7. The summed E-state index contributed by atoms with van der Waals surface area (Å²) in [6.45, 7) is 0. The number of rotatable bonds is 3. The Morgan fingerprint density at radius 1 is 0.926 bits per heavy atom. The molecular weight excluding hydrogens is 340 g/mol. The highest BCUT2D eigenvalue weighted by atomic mass is 16.5. The first-order chi connectivity index (χ1) is 13.1. The minimum Gasteiger partial charge on any atom is -0.497 e. The average Bonchev–Trinajstić information content (AvgIpc) is 2.68. The third kappa shape index (κ3) is 2.97. The lowest BCUT2D eigenvalue weighted by Crippen LogP contribution is -2.22. The molecule has 0 bridgehead atoms. The second-order valence-electron chi connectivity index (χ2n) is 6.18. The Bertz CT molecular complexity index is 1210. The van der Waals surface area contributed by atoms with Crippen molar-refractivity contribution >= 4 is 22.3 Å². The number of nitrogen functional groups attached to an aromatic ring is 2. The van der Waals surface area contributed by atoms with Gasteiger partial charge in [0, 0.05) is 23.0 Å². The van der Waals surface area contributed by atoms with Crippen molar-refractivity contribution in [3.05, 3.63) is 77.1 Å². The van der Waals surface area contributed by atoms with Crippen LogP contribution in [0.25, 0.3) is 28.0 Å². The maximum Gasteiger partial charge on any atom is 0.266 e. The molecule has 0 aliphatic rings. The van der Waals surface area contributed by atoms with E-state index in [0.717, 1.165) is 5.56 Å². The standard InChI is InChI=1S/C21H18N4O2/c1-27-17-7-3-6-16(12-17)25-20(13-4-2-5-14(22)10-13)24-19-9-8-15(23)11-18(19)21(25)26/h2-12H,22-23H2,1H3. The van der Waals surface area contributed by atoms with E-state index in [4.69, 9.17) is 21.2 Å². The first-order valence-corrected chi connectivity index (χ1v) is 8.39. The molecule has 4 rings (SSSR count). The molecule has 0 unspecified atom stereocenters. The van der Waals surface area contributed by atoms with Crippen molar-refractivity contribution in [1.82, 2.24) is 9.55 Å². The molecule has 0 saturated carbocycles. The largest absolute Gasteiger partial charge is 0.497 e. The Labute approximate surface area is 155 Å². The van der Waals surface area contributed by atoms with Crippen LogP contribution >= 0.6 is 0 Å². The lowest BCUT2D eigenvalue weighted by atomic mass is 10.1. The molecule has 4 N–H and O–H groups in total. The summed E-state index contributed by atoms with van der Waals surface area (Å²) < 4.78 is 6.87. The van der Waals surface area contributed by atoms with Crippen molar-refractivity contribution in [1.29, 1.82) is 0 Å². The Kier molecular flexibility index (Phi) is 4.01. The van der Waals surface area contributed by atoms with Gasteiger partial charge in [-0.25, -0.2) is 4.98 Å². The van der Waals surface area contributed by atoms with Crippen LogP contribution in [-0.4, -0.2) is 16.7 Å². The van der Waals surface area contributed by atoms with Crippen LogP contribution < -0.4 is 21.8 Å². The van der Waals surface area contributed by atoms with E-state index in [1.165, 1.54) is 0 Å². The van der Waals surface area contributed by atoms with E-state index in [9.17, 15) is 4.79 Å². The van der Waals surface area contributed by atoms with Gasteiger partial charge in [0.1, 0.15) is 11.6 Å². The number of fused-ring (bicyclic) bond motifs is 1. The van der Waals surface area contributed by atoms with Gasteiger partial charge >= 0.3 is 0 Å². The SMILES string of the molecule is COc1cccc(-n2c(-c3cccc(N)c3)nc3ccc(N)cc3c2=O)c1. The molecule has 1 aromatic heterocycles. The molecule has 27 heavy (non-hydrogen) atoms. The Morgan fingerprint density at radius 3 is 2.48 bits per heavy atom. The van der Waals surface area contributed by atoms with Crippen molar-refractivity contribution in [3.63, 3.8) is 0 Å². The van der Waals surface area contributed by atoms with E-state index in [0.29, 0.717) is 39.5 Å². The zero-order chi connectivity index (χ0) is 19.0. The number of ether oxygens (including phenoxy) is 1. The van der Waals surface area contributed by atoms with E-state index >= 15 is 0 Å². The van der Waals surface area contributed by atoms with Crippen molar-refractivity contribution in [2.75, 3.05) is 18.6 Å². The summed E-state index contributed by atoms with van der Waals surface area (Å²) in [4.78, 5) is 18.1. The second-order valence-corrected chi connectivity index (χ2v) is 6.18. The predicted octanol–water partition coefficient (Wildman–Crippen LogP) is 3.23. The minimum absolute atomic E-state index is 0.210. The zero-order valence-electron chi connectivity index (χ0n) is 14.7. The van der Waals surface area contributed by atoms with Gasteiger partial charge in [0.2, 0.25) is 0 Å². The minimum atomic E-state index is -0.210. The maximum absolute atomic E-state index is 13.4. The highest BCUT2D eigenvalue weighted by molar-refractivity contribution is 5.83. The summed E-state index contributed by atoms with van der Waals surface area (Å²) in [7, 11) is 1.58. The van der Waals surface area contributed by atoms with Crippen LogP contribution in [-0.2, 0) is 0 Å². The molecule has 4 aromatic rings. The number of hydrogen-bond acceptors (Lipinski definition) is 5. The quantitative estimate of drug-likeness (QED) is 0.548. The van der Waals surface area contributed by atoms with E-state index in [1.54, 1.807) is 48.1 Å². The predicted molar refractivity (Wildman–Crippen MR) is 108 cm³/mol. The molecule has 0 aliphatic carbocycles. The van der Waals surface area contributed by atoms with Gasteiger partial charge in [-0.15, -0.1) is 0 Å². The molecular formula is C21H18N4O2. The van der Waals surface area contributed by atoms with Crippen molar-refractivity contribution in [2.24, 2.45) is 0 Å². The lowest BCUT2D eigenvalue weighted by molar-refractivity contribution is 0.414. The van der Waals surface area contributed by atoms with Gasteiger partial charge in [-0.05, 0) is 42.5 Å².